The second kappa shape index (κ2) is 7.99. The number of carbonyl (C=O) groups excluding carboxylic acids is 1. The molecular formula is C18H21F3N4O2. The molecular weight excluding hydrogens is 361 g/mol. The summed E-state index contributed by atoms with van der Waals surface area (Å²) < 4.78 is 42.9. The third-order valence-electron chi connectivity index (χ3n) is 4.58. The molecule has 2 aromatic rings. The van der Waals surface area contributed by atoms with E-state index in [4.69, 9.17) is 0 Å². The van der Waals surface area contributed by atoms with Gasteiger partial charge in [0, 0.05) is 18.9 Å². The molecule has 2 heterocycles. The average molecular weight is 382 g/mol. The van der Waals surface area contributed by atoms with Crippen LogP contribution < -0.4 is 15.4 Å². The first-order chi connectivity index (χ1) is 12.9. The maximum Gasteiger partial charge on any atom is 0.422 e. The molecule has 0 radical (unpaired) electrons. The molecule has 1 amide bonds. The van der Waals surface area contributed by atoms with Crippen molar-refractivity contribution in [2.75, 3.05) is 19.7 Å². The van der Waals surface area contributed by atoms with Crippen LogP contribution in [0.1, 0.15) is 18.4 Å². The fourth-order valence-corrected chi connectivity index (χ4v) is 3.14. The first kappa shape index (κ1) is 19.2. The Morgan fingerprint density at radius 3 is 2.56 bits per heavy atom. The molecule has 3 rings (SSSR count). The zero-order valence-electron chi connectivity index (χ0n) is 14.6. The van der Waals surface area contributed by atoms with Gasteiger partial charge in [-0.2, -0.15) is 18.3 Å². The number of alkyl halides is 3. The van der Waals surface area contributed by atoms with Gasteiger partial charge in [-0.05, 0) is 49.7 Å². The highest BCUT2D eigenvalue weighted by molar-refractivity contribution is 5.84. The molecule has 0 unspecified atom stereocenters. The Labute approximate surface area is 154 Å². The smallest absolute Gasteiger partial charge is 0.422 e. The van der Waals surface area contributed by atoms with E-state index in [1.165, 1.54) is 12.1 Å². The molecule has 1 saturated heterocycles. The summed E-state index contributed by atoms with van der Waals surface area (Å²) in [5.41, 5.74) is 0.0390. The van der Waals surface area contributed by atoms with Crippen LogP contribution in [0.5, 0.6) is 5.75 Å². The van der Waals surface area contributed by atoms with Gasteiger partial charge in [0.1, 0.15) is 11.3 Å². The summed E-state index contributed by atoms with van der Waals surface area (Å²) >= 11 is 0. The van der Waals surface area contributed by atoms with Gasteiger partial charge in [0.15, 0.2) is 6.61 Å². The van der Waals surface area contributed by atoms with Gasteiger partial charge >= 0.3 is 6.18 Å². The third kappa shape index (κ3) is 4.79. The molecule has 27 heavy (non-hydrogen) atoms. The van der Waals surface area contributed by atoms with Crippen molar-refractivity contribution in [3.63, 3.8) is 0 Å². The van der Waals surface area contributed by atoms with Crippen molar-refractivity contribution in [3.05, 3.63) is 48.3 Å². The molecule has 2 N–H and O–H groups in total. The minimum Gasteiger partial charge on any atom is -0.484 e. The highest BCUT2D eigenvalue weighted by atomic mass is 19.4. The van der Waals surface area contributed by atoms with E-state index < -0.39 is 18.3 Å². The van der Waals surface area contributed by atoms with Crippen molar-refractivity contribution in [1.82, 2.24) is 20.4 Å². The van der Waals surface area contributed by atoms with Crippen LogP contribution in [0.15, 0.2) is 42.7 Å². The number of amides is 1. The lowest BCUT2D eigenvalue weighted by Crippen LogP contribution is -2.54. The van der Waals surface area contributed by atoms with E-state index in [9.17, 15) is 18.0 Å². The Morgan fingerprint density at radius 1 is 1.26 bits per heavy atom. The largest absolute Gasteiger partial charge is 0.484 e. The van der Waals surface area contributed by atoms with Crippen molar-refractivity contribution in [2.45, 2.75) is 31.1 Å². The maximum absolute atomic E-state index is 12.9. The summed E-state index contributed by atoms with van der Waals surface area (Å²) in [6, 6.07) is 7.97. The van der Waals surface area contributed by atoms with E-state index in [0.717, 1.165) is 18.7 Å². The Hall–Kier alpha value is -2.55. The number of carbonyl (C=O) groups is 1. The molecule has 0 saturated carbocycles. The van der Waals surface area contributed by atoms with Gasteiger partial charge in [-0.25, -0.2) is 0 Å². The number of hydrogen-bond donors (Lipinski definition) is 2. The lowest BCUT2D eigenvalue weighted by molar-refractivity contribution is -0.153. The first-order valence-corrected chi connectivity index (χ1v) is 8.67. The lowest BCUT2D eigenvalue weighted by atomic mass is 9.87. The van der Waals surface area contributed by atoms with Crippen LogP contribution in [0, 0.1) is 0 Å². The number of piperidine rings is 1. The van der Waals surface area contributed by atoms with E-state index in [1.54, 1.807) is 35.3 Å². The molecule has 0 spiro atoms. The van der Waals surface area contributed by atoms with Crippen LogP contribution in [-0.4, -0.2) is 41.6 Å². The Balaban J connectivity index is 1.61. The topological polar surface area (TPSA) is 68.2 Å². The molecule has 0 bridgehead atoms. The van der Waals surface area contributed by atoms with Gasteiger partial charge < -0.3 is 15.4 Å². The second-order valence-corrected chi connectivity index (χ2v) is 6.46. The molecule has 9 heteroatoms. The average Bonchev–Trinajstić information content (AvgIpc) is 3.20. The summed E-state index contributed by atoms with van der Waals surface area (Å²) in [4.78, 5) is 12.9. The quantitative estimate of drug-likeness (QED) is 0.804. The number of rotatable bonds is 6. The lowest BCUT2D eigenvalue weighted by Gasteiger charge is -2.36. The minimum absolute atomic E-state index is 0.120. The number of benzene rings is 1. The Kier molecular flexibility index (Phi) is 5.69. The molecule has 1 aromatic heterocycles. The predicted molar refractivity (Wildman–Crippen MR) is 92.1 cm³/mol. The van der Waals surface area contributed by atoms with Crippen molar-refractivity contribution in [1.29, 1.82) is 0 Å². The molecule has 6 nitrogen and oxygen atoms in total. The van der Waals surface area contributed by atoms with Gasteiger partial charge in [-0.3, -0.25) is 9.48 Å². The second-order valence-electron chi connectivity index (χ2n) is 6.46. The van der Waals surface area contributed by atoms with Gasteiger partial charge in [-0.1, -0.05) is 12.1 Å². The van der Waals surface area contributed by atoms with E-state index >= 15 is 0 Å². The maximum atomic E-state index is 12.9. The standard InChI is InChI=1S/C18H21F3N4O2/c19-18(20,21)13-27-15-4-2-14(3-5-15)12-23-16(26)17(6-9-22-10-7-17)25-11-1-8-24-25/h1-5,8,11,22H,6-7,9-10,12-13H2,(H,23,26). The van der Waals surface area contributed by atoms with Crippen LogP contribution in [0.2, 0.25) is 0 Å². The summed E-state index contributed by atoms with van der Waals surface area (Å²) in [5, 5.41) is 10.4. The highest BCUT2D eigenvalue weighted by Gasteiger charge is 2.41. The van der Waals surface area contributed by atoms with E-state index in [-0.39, 0.29) is 18.2 Å². The number of halogens is 3. The highest BCUT2D eigenvalue weighted by Crippen LogP contribution is 2.27. The predicted octanol–water partition coefficient (Wildman–Crippen LogP) is 2.22. The number of nitrogens with one attached hydrogen (secondary N) is 2. The fraction of sp³-hybridized carbons (Fsp3) is 0.444. The van der Waals surface area contributed by atoms with E-state index in [1.807, 2.05) is 0 Å². The minimum atomic E-state index is -4.37. The number of hydrogen-bond acceptors (Lipinski definition) is 4. The van der Waals surface area contributed by atoms with E-state index in [0.29, 0.717) is 12.8 Å². The summed E-state index contributed by atoms with van der Waals surface area (Å²) in [7, 11) is 0. The van der Waals surface area contributed by atoms with Gasteiger partial charge in [-0.15, -0.1) is 0 Å². The van der Waals surface area contributed by atoms with Gasteiger partial charge in [0.05, 0.1) is 0 Å². The SMILES string of the molecule is O=C(NCc1ccc(OCC(F)(F)F)cc1)C1(n2cccn2)CCNCC1. The first-order valence-electron chi connectivity index (χ1n) is 8.67. The zero-order valence-corrected chi connectivity index (χ0v) is 14.6. The van der Waals surface area contributed by atoms with Crippen LogP contribution >= 0.6 is 0 Å². The fourth-order valence-electron chi connectivity index (χ4n) is 3.14. The van der Waals surface area contributed by atoms with Gasteiger partial charge in [0.25, 0.3) is 0 Å². The molecule has 1 aliphatic heterocycles. The van der Waals surface area contributed by atoms with Crippen LogP contribution in [-0.2, 0) is 16.9 Å². The number of aromatic nitrogens is 2. The Morgan fingerprint density at radius 2 is 1.96 bits per heavy atom. The third-order valence-corrected chi connectivity index (χ3v) is 4.58. The monoisotopic (exact) mass is 382 g/mol. The zero-order chi connectivity index (χ0) is 19.3. The van der Waals surface area contributed by atoms with Crippen molar-refractivity contribution >= 4 is 5.91 Å². The number of nitrogens with zero attached hydrogens (tertiary/aromatic N) is 2. The summed E-state index contributed by atoms with van der Waals surface area (Å²) in [5.74, 6) is 0.0128. The molecule has 1 fully saturated rings. The van der Waals surface area contributed by atoms with E-state index in [2.05, 4.69) is 20.5 Å². The molecule has 146 valence electrons. The van der Waals surface area contributed by atoms with Crippen molar-refractivity contribution in [3.8, 4) is 5.75 Å². The van der Waals surface area contributed by atoms with Crippen molar-refractivity contribution in [2.24, 2.45) is 0 Å². The molecule has 0 aliphatic carbocycles. The van der Waals surface area contributed by atoms with Crippen LogP contribution in [0.3, 0.4) is 0 Å². The molecule has 0 atom stereocenters. The van der Waals surface area contributed by atoms with Gasteiger partial charge in [0.2, 0.25) is 5.91 Å². The molecule has 1 aromatic carbocycles. The molecule has 1 aliphatic rings. The number of ether oxygens (including phenoxy) is 1. The summed E-state index contributed by atoms with van der Waals surface area (Å²) in [6.07, 6.45) is 0.326. The Bertz CT molecular complexity index is 739. The summed E-state index contributed by atoms with van der Waals surface area (Å²) in [6.45, 7) is 0.384. The van der Waals surface area contributed by atoms with Crippen molar-refractivity contribution < 1.29 is 22.7 Å². The normalized spacial score (nSPS) is 16.7. The van der Waals surface area contributed by atoms with Crippen LogP contribution in [0.4, 0.5) is 13.2 Å². The van der Waals surface area contributed by atoms with Crippen LogP contribution in [0.25, 0.3) is 0 Å².